The van der Waals surface area contributed by atoms with Gasteiger partial charge in [0.2, 0.25) is 5.91 Å². The van der Waals surface area contributed by atoms with E-state index < -0.39 is 29.4 Å². The second-order valence-electron chi connectivity index (χ2n) is 9.18. The van der Waals surface area contributed by atoms with Gasteiger partial charge in [-0.2, -0.15) is 0 Å². The van der Waals surface area contributed by atoms with Crippen LogP contribution in [0.3, 0.4) is 0 Å². The number of hydrogen-bond acceptors (Lipinski definition) is 5. The lowest BCUT2D eigenvalue weighted by Crippen LogP contribution is -2.48. The molecule has 2 aromatic rings. The minimum absolute atomic E-state index is 0.0268. The number of hydrogen-bond donors (Lipinski definition) is 4. The number of aliphatic hydroxyl groups is 1. The Morgan fingerprint density at radius 3 is 2.18 bits per heavy atom. The van der Waals surface area contributed by atoms with Gasteiger partial charge in [-0.05, 0) is 40.5 Å². The third-order valence-corrected chi connectivity index (χ3v) is 6.95. The first-order valence-electron chi connectivity index (χ1n) is 11.6. The second kappa shape index (κ2) is 10.3. The predicted molar refractivity (Wildman–Crippen MR) is 125 cm³/mol. The molecule has 0 aromatic heterocycles. The summed E-state index contributed by atoms with van der Waals surface area (Å²) in [6.45, 7) is 0.176. The number of carboxylic acids is 1. The molecule has 0 heterocycles. The van der Waals surface area contributed by atoms with E-state index in [0.29, 0.717) is 0 Å². The van der Waals surface area contributed by atoms with E-state index in [-0.39, 0.29) is 38.5 Å². The number of carbonyl (C=O) groups is 3. The SMILES string of the molecule is O=C(CC1(CNC(=O)OCC2c3ccccc3-c3ccccc32)CCC1)N[C@H](CCO)C(=O)O. The highest BCUT2D eigenvalue weighted by atomic mass is 16.5. The van der Waals surface area contributed by atoms with Gasteiger partial charge in [-0.3, -0.25) is 4.79 Å². The average molecular weight is 467 g/mol. The Morgan fingerprint density at radius 2 is 1.65 bits per heavy atom. The fourth-order valence-corrected chi connectivity index (χ4v) is 4.97. The van der Waals surface area contributed by atoms with Crippen molar-refractivity contribution in [2.75, 3.05) is 19.8 Å². The van der Waals surface area contributed by atoms with Gasteiger partial charge in [-0.15, -0.1) is 0 Å². The Balaban J connectivity index is 1.31. The summed E-state index contributed by atoms with van der Waals surface area (Å²) in [5.74, 6) is -1.60. The average Bonchev–Trinajstić information content (AvgIpc) is 3.12. The molecule has 0 unspecified atom stereocenters. The van der Waals surface area contributed by atoms with Crippen LogP contribution in [0.1, 0.15) is 49.1 Å². The largest absolute Gasteiger partial charge is 0.480 e. The summed E-state index contributed by atoms with van der Waals surface area (Å²) in [7, 11) is 0. The molecule has 0 saturated heterocycles. The van der Waals surface area contributed by atoms with Crippen LogP contribution in [0.15, 0.2) is 48.5 Å². The Bertz CT molecular complexity index is 1020. The fourth-order valence-electron chi connectivity index (χ4n) is 4.97. The third kappa shape index (κ3) is 5.07. The molecule has 2 amide bonds. The molecule has 8 heteroatoms. The Kier molecular flexibility index (Phi) is 7.17. The Hall–Kier alpha value is -3.39. The van der Waals surface area contributed by atoms with Crippen LogP contribution in [-0.4, -0.2) is 54.0 Å². The lowest BCUT2D eigenvalue weighted by Gasteiger charge is -2.41. The zero-order valence-electron chi connectivity index (χ0n) is 19.0. The molecule has 2 aliphatic rings. The van der Waals surface area contributed by atoms with Gasteiger partial charge in [0.15, 0.2) is 0 Å². The molecular weight excluding hydrogens is 436 g/mol. The van der Waals surface area contributed by atoms with E-state index in [1.54, 1.807) is 0 Å². The number of aliphatic hydroxyl groups excluding tert-OH is 1. The first kappa shape index (κ1) is 23.8. The molecule has 1 fully saturated rings. The summed E-state index contributed by atoms with van der Waals surface area (Å²) in [5.41, 5.74) is 4.19. The Morgan fingerprint density at radius 1 is 1.03 bits per heavy atom. The van der Waals surface area contributed by atoms with Crippen molar-refractivity contribution < 1.29 is 29.3 Å². The first-order chi connectivity index (χ1) is 16.4. The molecule has 0 bridgehead atoms. The Labute approximate surface area is 198 Å². The van der Waals surface area contributed by atoms with E-state index in [2.05, 4.69) is 34.9 Å². The van der Waals surface area contributed by atoms with Gasteiger partial charge in [-0.25, -0.2) is 9.59 Å². The maximum absolute atomic E-state index is 12.5. The third-order valence-electron chi connectivity index (χ3n) is 6.95. The highest BCUT2D eigenvalue weighted by Crippen LogP contribution is 2.45. The number of nitrogens with one attached hydrogen (secondary N) is 2. The number of carboxylic acid groups (broad SMARTS) is 1. The van der Waals surface area contributed by atoms with Crippen LogP contribution in [0.25, 0.3) is 11.1 Å². The summed E-state index contributed by atoms with van der Waals surface area (Å²) < 4.78 is 5.58. The molecule has 0 aliphatic heterocycles. The highest BCUT2D eigenvalue weighted by Gasteiger charge is 2.40. The van der Waals surface area contributed by atoms with Crippen LogP contribution in [0.4, 0.5) is 4.79 Å². The fraction of sp³-hybridized carbons (Fsp3) is 0.423. The van der Waals surface area contributed by atoms with E-state index in [1.807, 2.05) is 24.3 Å². The van der Waals surface area contributed by atoms with Gasteiger partial charge in [0.1, 0.15) is 12.6 Å². The topological polar surface area (TPSA) is 125 Å². The van der Waals surface area contributed by atoms with Crippen molar-refractivity contribution in [3.05, 3.63) is 59.7 Å². The smallest absolute Gasteiger partial charge is 0.407 e. The summed E-state index contributed by atoms with van der Waals surface area (Å²) in [4.78, 5) is 36.2. The number of ether oxygens (including phenoxy) is 1. The number of aliphatic carboxylic acids is 1. The van der Waals surface area contributed by atoms with Crippen LogP contribution >= 0.6 is 0 Å². The molecule has 0 radical (unpaired) electrons. The molecule has 4 N–H and O–H groups in total. The maximum atomic E-state index is 12.5. The first-order valence-corrected chi connectivity index (χ1v) is 11.6. The lowest BCUT2D eigenvalue weighted by atomic mass is 9.66. The molecule has 8 nitrogen and oxygen atoms in total. The van der Waals surface area contributed by atoms with Crippen molar-refractivity contribution in [2.45, 2.75) is 44.1 Å². The van der Waals surface area contributed by atoms with Crippen molar-refractivity contribution in [1.82, 2.24) is 10.6 Å². The summed E-state index contributed by atoms with van der Waals surface area (Å²) in [6.07, 6.45) is 2.01. The summed E-state index contributed by atoms with van der Waals surface area (Å²) in [5, 5.41) is 23.4. The molecule has 2 aromatic carbocycles. The number of carbonyl (C=O) groups excluding carboxylic acids is 2. The van der Waals surface area contributed by atoms with Crippen molar-refractivity contribution in [2.24, 2.45) is 5.41 Å². The molecule has 180 valence electrons. The van der Waals surface area contributed by atoms with Gasteiger partial charge in [0, 0.05) is 31.9 Å². The van der Waals surface area contributed by atoms with Gasteiger partial charge >= 0.3 is 12.1 Å². The van der Waals surface area contributed by atoms with Crippen LogP contribution in [0.2, 0.25) is 0 Å². The molecular formula is C26H30N2O6. The normalized spacial score (nSPS) is 16.5. The van der Waals surface area contributed by atoms with Gasteiger partial charge in [-0.1, -0.05) is 55.0 Å². The van der Waals surface area contributed by atoms with Crippen LogP contribution < -0.4 is 10.6 Å². The van der Waals surface area contributed by atoms with E-state index in [9.17, 15) is 19.5 Å². The monoisotopic (exact) mass is 466 g/mol. The van der Waals surface area contributed by atoms with Crippen molar-refractivity contribution in [1.29, 1.82) is 0 Å². The zero-order chi connectivity index (χ0) is 24.1. The van der Waals surface area contributed by atoms with Crippen molar-refractivity contribution >= 4 is 18.0 Å². The highest BCUT2D eigenvalue weighted by molar-refractivity contribution is 5.84. The number of benzene rings is 2. The molecule has 4 rings (SSSR count). The van der Waals surface area contributed by atoms with Crippen molar-refractivity contribution in [3.8, 4) is 11.1 Å². The quantitative estimate of drug-likeness (QED) is 0.427. The molecule has 34 heavy (non-hydrogen) atoms. The van der Waals surface area contributed by atoms with E-state index in [1.165, 1.54) is 0 Å². The number of amides is 2. The van der Waals surface area contributed by atoms with E-state index in [4.69, 9.17) is 9.84 Å². The molecule has 1 atom stereocenters. The molecule has 2 aliphatic carbocycles. The van der Waals surface area contributed by atoms with Crippen LogP contribution in [0.5, 0.6) is 0 Å². The van der Waals surface area contributed by atoms with Gasteiger partial charge < -0.3 is 25.6 Å². The molecule has 0 spiro atoms. The lowest BCUT2D eigenvalue weighted by molar-refractivity contribution is -0.142. The standard InChI is InChI=1S/C26H30N2O6/c29-13-10-22(24(31)32)28-23(30)14-26(11-5-12-26)16-27-25(33)34-15-21-19-8-3-1-6-17(19)18-7-2-4-9-20(18)21/h1-4,6-9,21-22,29H,5,10-16H2,(H,27,33)(H,28,30)(H,31,32)/t22-/m1/s1. The van der Waals surface area contributed by atoms with Crippen LogP contribution in [0, 0.1) is 5.41 Å². The number of rotatable bonds is 10. The second-order valence-corrected chi connectivity index (χ2v) is 9.18. The molecule has 1 saturated carbocycles. The number of alkyl carbamates (subject to hydrolysis) is 1. The predicted octanol–water partition coefficient (Wildman–Crippen LogP) is 3.04. The maximum Gasteiger partial charge on any atom is 0.407 e. The van der Waals surface area contributed by atoms with Crippen LogP contribution in [-0.2, 0) is 14.3 Å². The summed E-state index contributed by atoms with van der Waals surface area (Å²) >= 11 is 0. The van der Waals surface area contributed by atoms with Gasteiger partial charge in [0.25, 0.3) is 0 Å². The summed E-state index contributed by atoms with van der Waals surface area (Å²) in [6, 6.07) is 15.1. The van der Waals surface area contributed by atoms with Gasteiger partial charge in [0.05, 0.1) is 0 Å². The van der Waals surface area contributed by atoms with Crippen molar-refractivity contribution in [3.63, 3.8) is 0 Å². The zero-order valence-corrected chi connectivity index (χ0v) is 19.0. The van der Waals surface area contributed by atoms with E-state index >= 15 is 0 Å². The number of fused-ring (bicyclic) bond motifs is 3. The minimum Gasteiger partial charge on any atom is -0.480 e. The minimum atomic E-state index is -1.18. The van der Waals surface area contributed by atoms with E-state index in [0.717, 1.165) is 41.5 Å².